The smallest absolute Gasteiger partial charge is 0.416 e. The topological polar surface area (TPSA) is 105 Å². The summed E-state index contributed by atoms with van der Waals surface area (Å²) >= 11 is 0. The molecule has 0 aromatic heterocycles. The van der Waals surface area contributed by atoms with E-state index in [-0.39, 0.29) is 13.0 Å². The number of nitrogens with zero attached hydrogens (tertiary/aromatic N) is 4. The number of rotatable bonds is 8. The van der Waals surface area contributed by atoms with Crippen molar-refractivity contribution in [2.45, 2.75) is 31.3 Å². The Balaban J connectivity index is 1.48. The van der Waals surface area contributed by atoms with E-state index >= 15 is 0 Å². The van der Waals surface area contributed by atoms with Gasteiger partial charge in [-0.25, -0.2) is 9.69 Å². The summed E-state index contributed by atoms with van der Waals surface area (Å²) in [5.41, 5.74) is 11.0. The summed E-state index contributed by atoms with van der Waals surface area (Å²) < 4.78 is 10.4. The van der Waals surface area contributed by atoms with E-state index in [1.807, 2.05) is 66.7 Å². The molecule has 2 amide bonds. The molecule has 1 fully saturated rings. The van der Waals surface area contributed by atoms with Crippen molar-refractivity contribution < 1.29 is 19.1 Å². The lowest BCUT2D eigenvalue weighted by Crippen LogP contribution is -2.45. The Morgan fingerprint density at radius 3 is 2.67 bits per heavy atom. The zero-order valence-electron chi connectivity index (χ0n) is 18.3. The van der Waals surface area contributed by atoms with E-state index in [0.29, 0.717) is 12.8 Å². The van der Waals surface area contributed by atoms with Crippen LogP contribution in [0.25, 0.3) is 21.2 Å². The normalized spacial score (nSPS) is 16.2. The molecule has 168 valence electrons. The number of azide groups is 1. The molecular weight excluding hydrogens is 420 g/mol. The largest absolute Gasteiger partial charge is 0.497 e. The zero-order valence-corrected chi connectivity index (χ0v) is 18.3. The maximum Gasteiger partial charge on any atom is 0.416 e. The summed E-state index contributed by atoms with van der Waals surface area (Å²) in [6.07, 6.45) is 0.588. The molecule has 2 atom stereocenters. The maximum absolute atomic E-state index is 13.2. The summed E-state index contributed by atoms with van der Waals surface area (Å²) in [4.78, 5) is 29.5. The Labute approximate surface area is 191 Å². The van der Waals surface area contributed by atoms with E-state index in [4.69, 9.17) is 15.0 Å². The molecule has 0 N–H and O–H groups in total. The Morgan fingerprint density at radius 1 is 1.15 bits per heavy atom. The minimum Gasteiger partial charge on any atom is -0.497 e. The predicted molar refractivity (Wildman–Crippen MR) is 124 cm³/mol. The van der Waals surface area contributed by atoms with E-state index in [1.54, 1.807) is 7.11 Å². The summed E-state index contributed by atoms with van der Waals surface area (Å²) in [6, 6.07) is 20.0. The second-order valence-electron chi connectivity index (χ2n) is 7.94. The molecular formula is C25H24N4O4. The third-order valence-electron chi connectivity index (χ3n) is 5.81. The van der Waals surface area contributed by atoms with Crippen molar-refractivity contribution in [2.24, 2.45) is 5.11 Å². The number of hydrogen-bond donors (Lipinski definition) is 0. The highest BCUT2D eigenvalue weighted by molar-refractivity contribution is 5.96. The average molecular weight is 444 g/mol. The molecule has 0 saturated carbocycles. The Kier molecular flexibility index (Phi) is 6.76. The molecule has 33 heavy (non-hydrogen) atoms. The van der Waals surface area contributed by atoms with E-state index < -0.39 is 24.1 Å². The molecule has 3 aromatic rings. The molecule has 1 saturated heterocycles. The zero-order chi connectivity index (χ0) is 23.2. The highest BCUT2D eigenvalue weighted by atomic mass is 16.6. The minimum absolute atomic E-state index is 0.122. The number of aryl methyl sites for hydroxylation is 1. The molecule has 8 nitrogen and oxygen atoms in total. The lowest BCUT2D eigenvalue weighted by atomic mass is 10.00. The third kappa shape index (κ3) is 5.07. The molecule has 0 spiro atoms. The highest BCUT2D eigenvalue weighted by Crippen LogP contribution is 2.24. The van der Waals surface area contributed by atoms with Crippen LogP contribution in [-0.2, 0) is 22.4 Å². The molecule has 1 aliphatic heterocycles. The van der Waals surface area contributed by atoms with Crippen molar-refractivity contribution >= 4 is 22.8 Å². The van der Waals surface area contributed by atoms with Gasteiger partial charge in [0, 0.05) is 4.91 Å². The van der Waals surface area contributed by atoms with Gasteiger partial charge in [0.05, 0.1) is 13.2 Å². The first-order valence-corrected chi connectivity index (χ1v) is 10.7. The second-order valence-corrected chi connectivity index (χ2v) is 7.94. The molecule has 0 radical (unpaired) electrons. The van der Waals surface area contributed by atoms with Crippen LogP contribution in [0, 0.1) is 0 Å². The van der Waals surface area contributed by atoms with Gasteiger partial charge >= 0.3 is 6.09 Å². The molecule has 4 rings (SSSR count). The van der Waals surface area contributed by atoms with Gasteiger partial charge in [-0.2, -0.15) is 0 Å². The van der Waals surface area contributed by atoms with E-state index in [2.05, 4.69) is 10.0 Å². The third-order valence-corrected chi connectivity index (χ3v) is 5.81. The quantitative estimate of drug-likeness (QED) is 0.275. The standard InChI is InChI=1S/C25H24N4O4/c1-32-22-11-10-19-13-18(7-9-20(19)15-22)8-12-23(27-28-26)24(30)29-21(16-33-25(29)31)14-17-5-3-2-4-6-17/h2-7,9-11,13,15,21,23H,8,12,14,16H2,1H3/t21-,23-/m0/s1. The lowest BCUT2D eigenvalue weighted by molar-refractivity contribution is -0.130. The predicted octanol–water partition coefficient (Wildman–Crippen LogP) is 5.05. The van der Waals surface area contributed by atoms with Gasteiger partial charge in [-0.15, -0.1) is 0 Å². The van der Waals surface area contributed by atoms with E-state index in [9.17, 15) is 9.59 Å². The number of imide groups is 1. The number of methoxy groups -OCH3 is 1. The fraction of sp³-hybridized carbons (Fsp3) is 0.280. The van der Waals surface area contributed by atoms with Gasteiger partial charge in [-0.3, -0.25) is 4.79 Å². The van der Waals surface area contributed by atoms with Crippen LogP contribution in [0.15, 0.2) is 71.8 Å². The fourth-order valence-corrected chi connectivity index (χ4v) is 4.08. The van der Waals surface area contributed by atoms with Gasteiger partial charge in [0.25, 0.3) is 0 Å². The molecule has 0 aliphatic carbocycles. The van der Waals surface area contributed by atoms with Crippen LogP contribution < -0.4 is 4.74 Å². The summed E-state index contributed by atoms with van der Waals surface area (Å²) in [7, 11) is 1.63. The number of cyclic esters (lactones) is 1. The van der Waals surface area contributed by atoms with Crippen LogP contribution >= 0.6 is 0 Å². The van der Waals surface area contributed by atoms with Crippen LogP contribution in [0.3, 0.4) is 0 Å². The first-order chi connectivity index (χ1) is 16.1. The monoisotopic (exact) mass is 444 g/mol. The molecule has 3 aromatic carbocycles. The van der Waals surface area contributed by atoms with Gasteiger partial charge in [-0.05, 0) is 58.8 Å². The van der Waals surface area contributed by atoms with Crippen LogP contribution in [0.4, 0.5) is 4.79 Å². The maximum atomic E-state index is 13.2. The van der Waals surface area contributed by atoms with Gasteiger partial charge in [0.15, 0.2) is 0 Å². The van der Waals surface area contributed by atoms with Crippen LogP contribution in [0.1, 0.15) is 17.5 Å². The Morgan fingerprint density at radius 2 is 1.91 bits per heavy atom. The van der Waals surface area contributed by atoms with Crippen molar-refractivity contribution in [3.63, 3.8) is 0 Å². The van der Waals surface area contributed by atoms with Crippen molar-refractivity contribution in [1.29, 1.82) is 0 Å². The number of hydrogen-bond acceptors (Lipinski definition) is 5. The molecule has 0 bridgehead atoms. The summed E-state index contributed by atoms with van der Waals surface area (Å²) in [5.74, 6) is 0.258. The number of carbonyl (C=O) groups is 2. The van der Waals surface area contributed by atoms with E-state index in [0.717, 1.165) is 32.5 Å². The Bertz CT molecular complexity index is 1210. The van der Waals surface area contributed by atoms with Gasteiger partial charge in [0.2, 0.25) is 5.91 Å². The van der Waals surface area contributed by atoms with Crippen molar-refractivity contribution in [3.05, 3.63) is 88.3 Å². The van der Waals surface area contributed by atoms with Crippen molar-refractivity contribution in [3.8, 4) is 5.75 Å². The molecule has 1 aliphatic rings. The summed E-state index contributed by atoms with van der Waals surface area (Å²) in [6.45, 7) is 0.122. The van der Waals surface area contributed by atoms with Crippen molar-refractivity contribution in [2.75, 3.05) is 13.7 Å². The SMILES string of the molecule is COc1ccc2cc(CC[C@H](N=[N+]=[N-])C(=O)N3C(=O)OC[C@@H]3Cc3ccccc3)ccc2c1. The summed E-state index contributed by atoms with van der Waals surface area (Å²) in [5, 5.41) is 5.80. The number of benzene rings is 3. The van der Waals surface area contributed by atoms with Gasteiger partial charge in [-0.1, -0.05) is 59.7 Å². The minimum atomic E-state index is -0.995. The molecule has 8 heteroatoms. The molecule has 0 unspecified atom stereocenters. The number of carbonyl (C=O) groups excluding carboxylic acids is 2. The number of ether oxygens (including phenoxy) is 2. The van der Waals surface area contributed by atoms with Crippen LogP contribution in [0.5, 0.6) is 5.75 Å². The Hall–Kier alpha value is -4.03. The fourth-order valence-electron chi connectivity index (χ4n) is 4.08. The average Bonchev–Trinajstić information content (AvgIpc) is 3.21. The van der Waals surface area contributed by atoms with Crippen LogP contribution in [0.2, 0.25) is 0 Å². The van der Waals surface area contributed by atoms with Crippen molar-refractivity contribution in [1.82, 2.24) is 4.90 Å². The second kappa shape index (κ2) is 10.1. The van der Waals surface area contributed by atoms with Gasteiger partial charge < -0.3 is 9.47 Å². The van der Waals surface area contributed by atoms with Crippen LogP contribution in [-0.4, -0.2) is 42.7 Å². The first-order valence-electron chi connectivity index (χ1n) is 10.7. The highest BCUT2D eigenvalue weighted by Gasteiger charge is 2.40. The molecule has 1 heterocycles. The first kappa shape index (κ1) is 22.2. The number of fused-ring (bicyclic) bond motifs is 1. The van der Waals surface area contributed by atoms with E-state index in [1.165, 1.54) is 0 Å². The lowest BCUT2D eigenvalue weighted by Gasteiger charge is -2.23. The van der Waals surface area contributed by atoms with Gasteiger partial charge in [0.1, 0.15) is 18.4 Å². The number of amides is 2.